The van der Waals surface area contributed by atoms with Crippen molar-refractivity contribution in [1.29, 1.82) is 0 Å². The molecule has 1 fully saturated rings. The molecule has 8 rings (SSSR count). The quantitative estimate of drug-likeness (QED) is 0.187. The third-order valence-corrected chi connectivity index (χ3v) is 8.53. The second-order valence-electron chi connectivity index (χ2n) is 11.4. The molecule has 3 aliphatic rings. The summed E-state index contributed by atoms with van der Waals surface area (Å²) >= 11 is 0. The highest BCUT2D eigenvalue weighted by molar-refractivity contribution is 5.79. The van der Waals surface area contributed by atoms with Crippen LogP contribution in [0.4, 0.5) is 20.7 Å². The Hall–Kier alpha value is -4.76. The fraction of sp³-hybridized carbons (Fsp3) is 0.257. The van der Waals surface area contributed by atoms with E-state index < -0.39 is 6.80 Å². The van der Waals surface area contributed by atoms with Gasteiger partial charge in [0.1, 0.15) is 5.82 Å². The van der Waals surface area contributed by atoms with Crippen LogP contribution in [0.3, 0.4) is 0 Å². The molecular weight excluding hydrogens is 556 g/mol. The molecule has 0 saturated carbocycles. The number of halogens is 2. The molecule has 0 amide bonds. The van der Waals surface area contributed by atoms with E-state index >= 15 is 0 Å². The van der Waals surface area contributed by atoms with Gasteiger partial charge in [0.15, 0.2) is 6.80 Å². The number of aromatic nitrogens is 4. The summed E-state index contributed by atoms with van der Waals surface area (Å²) in [5.74, 6) is 1.19. The maximum absolute atomic E-state index is 13.6. The zero-order chi connectivity index (χ0) is 29.9. The molecule has 3 heterocycles. The minimum absolute atomic E-state index is 0.231. The van der Waals surface area contributed by atoms with E-state index in [9.17, 15) is 8.78 Å². The van der Waals surface area contributed by atoms with Gasteiger partial charge >= 0.3 is 0 Å². The van der Waals surface area contributed by atoms with Gasteiger partial charge in [-0.15, -0.1) is 0 Å². The van der Waals surface area contributed by atoms with Gasteiger partial charge in [-0.2, -0.15) is 0 Å². The maximum atomic E-state index is 13.6. The summed E-state index contributed by atoms with van der Waals surface area (Å²) < 4.78 is 30.8. The number of nitrogens with one attached hydrogen (secondary N) is 2. The topological polar surface area (TPSA) is 62.9 Å². The number of imidazole rings is 2. The van der Waals surface area contributed by atoms with E-state index in [1.165, 1.54) is 23.3 Å². The average molecular weight is 592 g/mol. The van der Waals surface area contributed by atoms with Gasteiger partial charge in [-0.05, 0) is 65.9 Å². The van der Waals surface area contributed by atoms with Crippen molar-refractivity contribution in [2.75, 3.05) is 36.8 Å². The summed E-state index contributed by atoms with van der Waals surface area (Å²) in [5.41, 5.74) is 7.48. The number of rotatable bonds is 9. The number of anilines is 2. The standard InChI is InChI=1S/C29H31F2N7.C6H4/c30-20-38-27-8-4-2-6-25(27)34-28(38)32-15-18-36-16-13-23(14-17-36)33-29-35-24-5-1-3-7-26(24)37(29)19-21-9-11-22(31)12-10-21;1-2-6-4-3-5(1)6/h1-12,23H,13-20H2,(H,32,34)(H,33,35);1-4H. The zero-order valence-corrected chi connectivity index (χ0v) is 24.5. The predicted octanol–water partition coefficient (Wildman–Crippen LogP) is 7.16. The largest absolute Gasteiger partial charge is 0.354 e. The number of para-hydroxylation sites is 4. The molecule has 0 radical (unpaired) electrons. The van der Waals surface area contributed by atoms with E-state index in [4.69, 9.17) is 4.98 Å². The number of fused-ring (bicyclic) bond motifs is 3. The molecule has 1 aliphatic heterocycles. The first-order valence-electron chi connectivity index (χ1n) is 15.2. The molecule has 7 nitrogen and oxygen atoms in total. The van der Waals surface area contributed by atoms with Crippen LogP contribution in [0.25, 0.3) is 33.2 Å². The van der Waals surface area contributed by atoms with Crippen molar-refractivity contribution in [3.8, 4) is 11.1 Å². The first-order valence-corrected chi connectivity index (χ1v) is 15.2. The van der Waals surface area contributed by atoms with Gasteiger partial charge in [-0.25, -0.2) is 18.7 Å². The maximum Gasteiger partial charge on any atom is 0.206 e. The van der Waals surface area contributed by atoms with Crippen molar-refractivity contribution in [2.24, 2.45) is 0 Å². The van der Waals surface area contributed by atoms with Crippen LogP contribution >= 0.6 is 0 Å². The molecule has 0 spiro atoms. The number of likely N-dealkylation sites (tertiary alicyclic amines) is 1. The number of nitrogens with zero attached hydrogens (tertiary/aromatic N) is 5. The van der Waals surface area contributed by atoms with Crippen LogP contribution in [0, 0.1) is 5.82 Å². The highest BCUT2D eigenvalue weighted by Crippen LogP contribution is 2.29. The normalized spacial score (nSPS) is 14.4. The SMILES string of the molecule is FCn1c(NCCN2CCC(Nc3nc4ccccc4n3Cc3ccc(F)cc3)CC2)nc2ccccc21.c1cc2ccc1-2. The van der Waals surface area contributed by atoms with Crippen LogP contribution < -0.4 is 10.6 Å². The van der Waals surface area contributed by atoms with Crippen LogP contribution in [0.1, 0.15) is 18.4 Å². The average Bonchev–Trinajstić information content (AvgIpc) is 3.58. The van der Waals surface area contributed by atoms with E-state index in [1.54, 1.807) is 4.57 Å². The number of alkyl halides is 1. The lowest BCUT2D eigenvalue weighted by Gasteiger charge is -2.32. The Balaban J connectivity index is 0.000000459. The van der Waals surface area contributed by atoms with Crippen LogP contribution in [0.2, 0.25) is 0 Å². The lowest BCUT2D eigenvalue weighted by molar-refractivity contribution is 0.226. The van der Waals surface area contributed by atoms with Crippen LogP contribution in [-0.2, 0) is 13.3 Å². The minimum atomic E-state index is -0.605. The van der Waals surface area contributed by atoms with Gasteiger partial charge < -0.3 is 20.1 Å². The van der Waals surface area contributed by atoms with Gasteiger partial charge in [-0.3, -0.25) is 4.57 Å². The Bertz CT molecular complexity index is 1830. The Labute approximate surface area is 255 Å². The van der Waals surface area contributed by atoms with E-state index in [0.717, 1.165) is 66.1 Å². The van der Waals surface area contributed by atoms with Crippen molar-refractivity contribution in [1.82, 2.24) is 24.0 Å². The molecule has 1 saturated heterocycles. The summed E-state index contributed by atoms with van der Waals surface area (Å²) in [6.07, 6.45) is 2.01. The number of piperidine rings is 1. The Morgan fingerprint density at radius 1 is 0.705 bits per heavy atom. The molecule has 0 atom stereocenters. The lowest BCUT2D eigenvalue weighted by atomic mass is 9.95. The van der Waals surface area contributed by atoms with Gasteiger partial charge in [-0.1, -0.05) is 60.7 Å². The van der Waals surface area contributed by atoms with Crippen molar-refractivity contribution in [2.45, 2.75) is 32.2 Å². The molecule has 9 heteroatoms. The van der Waals surface area contributed by atoms with E-state index in [2.05, 4.69) is 55.4 Å². The van der Waals surface area contributed by atoms with Crippen LogP contribution in [0.5, 0.6) is 0 Å². The summed E-state index contributed by atoms with van der Waals surface area (Å²) in [6.45, 7) is 3.53. The first kappa shape index (κ1) is 28.0. The van der Waals surface area contributed by atoms with E-state index in [-0.39, 0.29) is 5.82 Å². The van der Waals surface area contributed by atoms with Gasteiger partial charge in [0.25, 0.3) is 0 Å². The Kier molecular flexibility index (Phi) is 7.94. The summed E-state index contributed by atoms with van der Waals surface area (Å²) in [6, 6.07) is 31.2. The Morgan fingerprint density at radius 3 is 1.89 bits per heavy atom. The summed E-state index contributed by atoms with van der Waals surface area (Å²) in [5, 5.41) is 7.00. The predicted molar refractivity (Wildman–Crippen MR) is 173 cm³/mol. The monoisotopic (exact) mass is 591 g/mol. The molecular formula is C35H35F2N7. The second-order valence-corrected chi connectivity index (χ2v) is 11.4. The summed E-state index contributed by atoms with van der Waals surface area (Å²) in [7, 11) is 0. The van der Waals surface area contributed by atoms with Crippen molar-refractivity contribution >= 4 is 34.0 Å². The fourth-order valence-corrected chi connectivity index (χ4v) is 5.92. The van der Waals surface area contributed by atoms with Gasteiger partial charge in [0.2, 0.25) is 11.9 Å². The number of benzene rings is 4. The highest BCUT2D eigenvalue weighted by Gasteiger charge is 2.22. The smallest absolute Gasteiger partial charge is 0.206 e. The van der Waals surface area contributed by atoms with Gasteiger partial charge in [0.05, 0.1) is 28.6 Å². The summed E-state index contributed by atoms with van der Waals surface area (Å²) in [4.78, 5) is 11.8. The fourth-order valence-electron chi connectivity index (χ4n) is 5.92. The van der Waals surface area contributed by atoms with E-state index in [1.807, 2.05) is 54.6 Å². The highest BCUT2D eigenvalue weighted by atomic mass is 19.1. The molecule has 2 aliphatic carbocycles. The zero-order valence-electron chi connectivity index (χ0n) is 24.5. The van der Waals surface area contributed by atoms with Crippen molar-refractivity contribution in [3.05, 3.63) is 108 Å². The van der Waals surface area contributed by atoms with Crippen molar-refractivity contribution < 1.29 is 8.78 Å². The van der Waals surface area contributed by atoms with Gasteiger partial charge in [0, 0.05) is 32.2 Å². The molecule has 44 heavy (non-hydrogen) atoms. The third kappa shape index (κ3) is 5.88. The van der Waals surface area contributed by atoms with Crippen LogP contribution in [-0.4, -0.2) is 56.2 Å². The minimum Gasteiger partial charge on any atom is -0.354 e. The lowest BCUT2D eigenvalue weighted by Crippen LogP contribution is -2.41. The van der Waals surface area contributed by atoms with E-state index in [0.29, 0.717) is 25.1 Å². The van der Waals surface area contributed by atoms with Crippen molar-refractivity contribution in [3.63, 3.8) is 0 Å². The third-order valence-electron chi connectivity index (χ3n) is 8.53. The molecule has 5 aromatic rings. The Morgan fingerprint density at radius 2 is 1.30 bits per heavy atom. The molecule has 0 bridgehead atoms. The number of hydrogen-bond acceptors (Lipinski definition) is 5. The molecule has 224 valence electrons. The molecule has 2 aromatic heterocycles. The van der Waals surface area contributed by atoms with Crippen LogP contribution in [0.15, 0.2) is 97.1 Å². The first-order chi connectivity index (χ1) is 21.6. The molecule has 2 N–H and O–H groups in total. The molecule has 3 aromatic carbocycles. The number of hydrogen-bond donors (Lipinski definition) is 2. The second kappa shape index (κ2) is 12.5. The molecule has 0 unspecified atom stereocenters.